The number of rotatable bonds is 3. The van der Waals surface area contributed by atoms with Gasteiger partial charge >= 0.3 is 5.97 Å². The fourth-order valence-corrected chi connectivity index (χ4v) is 3.99. The molecule has 2 saturated heterocycles. The number of likely N-dealkylation sites (tertiary alicyclic amines) is 1. The van der Waals surface area contributed by atoms with E-state index in [1.54, 1.807) is 0 Å². The third kappa shape index (κ3) is 2.79. The normalized spacial score (nSPS) is 31.7. The highest BCUT2D eigenvalue weighted by atomic mass is 32.2. The van der Waals surface area contributed by atoms with Crippen molar-refractivity contribution in [3.05, 3.63) is 0 Å². The van der Waals surface area contributed by atoms with Crippen molar-refractivity contribution in [2.45, 2.75) is 37.5 Å². The monoisotopic (exact) mass is 306 g/mol. The summed E-state index contributed by atoms with van der Waals surface area (Å²) < 4.78 is 24.4. The Bertz CT molecular complexity index is 519. The van der Waals surface area contributed by atoms with Crippen LogP contribution < -0.4 is 0 Å². The van der Waals surface area contributed by atoms with E-state index in [2.05, 4.69) is 0 Å². The van der Waals surface area contributed by atoms with Gasteiger partial charge in [-0.25, -0.2) is 13.2 Å². The van der Waals surface area contributed by atoms with Crippen molar-refractivity contribution in [2.24, 2.45) is 0 Å². The molecule has 0 saturated carbocycles. The second-order valence-electron chi connectivity index (χ2n) is 5.27. The lowest BCUT2D eigenvalue weighted by molar-refractivity contribution is -0.149. The molecule has 2 aliphatic rings. The van der Waals surface area contributed by atoms with Gasteiger partial charge in [0.2, 0.25) is 15.9 Å². The van der Waals surface area contributed by atoms with Crippen LogP contribution >= 0.6 is 0 Å². The van der Waals surface area contributed by atoms with Gasteiger partial charge in [0.1, 0.15) is 12.1 Å². The van der Waals surface area contributed by atoms with Crippen molar-refractivity contribution in [1.82, 2.24) is 9.21 Å². The largest absolute Gasteiger partial charge is 0.480 e. The molecule has 0 spiro atoms. The number of amides is 1. The second-order valence-corrected chi connectivity index (χ2v) is 7.20. The number of carbonyl (C=O) groups is 2. The van der Waals surface area contributed by atoms with Crippen molar-refractivity contribution < 1.29 is 28.2 Å². The summed E-state index contributed by atoms with van der Waals surface area (Å²) in [5.41, 5.74) is 0. The zero-order valence-corrected chi connectivity index (χ0v) is 11.9. The molecular formula is C11H18N2O6S. The number of carboxylic acids is 1. The molecule has 2 rings (SSSR count). The molecular weight excluding hydrogens is 288 g/mol. The summed E-state index contributed by atoms with van der Waals surface area (Å²) in [5.74, 6) is -1.71. The first-order chi connectivity index (χ1) is 9.21. The topological polar surface area (TPSA) is 115 Å². The van der Waals surface area contributed by atoms with Gasteiger partial charge in [-0.2, -0.15) is 4.31 Å². The zero-order chi connectivity index (χ0) is 15.1. The maximum Gasteiger partial charge on any atom is 0.326 e. The number of carboxylic acid groups (broad SMARTS) is 1. The third-order valence-electron chi connectivity index (χ3n) is 3.76. The van der Waals surface area contributed by atoms with Crippen LogP contribution in [0.25, 0.3) is 0 Å². The molecule has 0 radical (unpaired) electrons. The molecule has 8 nitrogen and oxygen atoms in total. The fraction of sp³-hybridized carbons (Fsp3) is 0.818. The molecule has 20 heavy (non-hydrogen) atoms. The van der Waals surface area contributed by atoms with Crippen LogP contribution in [0.2, 0.25) is 0 Å². The lowest BCUT2D eigenvalue weighted by Gasteiger charge is -2.28. The molecule has 0 aromatic rings. The smallest absolute Gasteiger partial charge is 0.326 e. The van der Waals surface area contributed by atoms with Crippen molar-refractivity contribution in [2.75, 3.05) is 19.3 Å². The molecule has 3 unspecified atom stereocenters. The van der Waals surface area contributed by atoms with Crippen LogP contribution in [0, 0.1) is 0 Å². The highest BCUT2D eigenvalue weighted by Gasteiger charge is 2.45. The summed E-state index contributed by atoms with van der Waals surface area (Å²) in [4.78, 5) is 24.6. The van der Waals surface area contributed by atoms with E-state index in [0.29, 0.717) is 12.8 Å². The molecule has 9 heteroatoms. The van der Waals surface area contributed by atoms with Crippen LogP contribution in [0.15, 0.2) is 0 Å². The lowest BCUT2D eigenvalue weighted by Crippen LogP contribution is -2.50. The first kappa shape index (κ1) is 15.2. The minimum Gasteiger partial charge on any atom is -0.480 e. The number of carbonyl (C=O) groups excluding carboxylic acids is 1. The highest BCUT2D eigenvalue weighted by molar-refractivity contribution is 7.88. The minimum absolute atomic E-state index is 0.0212. The predicted molar refractivity (Wildman–Crippen MR) is 68.3 cm³/mol. The van der Waals surface area contributed by atoms with Gasteiger partial charge in [0.25, 0.3) is 0 Å². The van der Waals surface area contributed by atoms with E-state index < -0.39 is 40.1 Å². The van der Waals surface area contributed by atoms with Crippen molar-refractivity contribution in [3.63, 3.8) is 0 Å². The number of nitrogens with zero attached hydrogens (tertiary/aromatic N) is 2. The number of aliphatic carboxylic acids is 1. The van der Waals surface area contributed by atoms with E-state index in [-0.39, 0.29) is 19.5 Å². The molecule has 2 N–H and O–H groups in total. The summed E-state index contributed by atoms with van der Waals surface area (Å²) in [5, 5.41) is 18.6. The Kier molecular flexibility index (Phi) is 4.03. The first-order valence-electron chi connectivity index (χ1n) is 6.40. The summed E-state index contributed by atoms with van der Waals surface area (Å²) in [6, 6.07) is -1.93. The highest BCUT2D eigenvalue weighted by Crippen LogP contribution is 2.26. The van der Waals surface area contributed by atoms with Gasteiger partial charge in [-0.1, -0.05) is 0 Å². The Balaban J connectivity index is 2.20. The first-order valence-corrected chi connectivity index (χ1v) is 8.25. The van der Waals surface area contributed by atoms with Gasteiger partial charge in [-0.05, 0) is 12.8 Å². The number of hydrogen-bond acceptors (Lipinski definition) is 5. The Morgan fingerprint density at radius 3 is 2.45 bits per heavy atom. The number of aliphatic hydroxyl groups excluding tert-OH is 1. The second kappa shape index (κ2) is 5.30. The van der Waals surface area contributed by atoms with E-state index in [1.807, 2.05) is 0 Å². The van der Waals surface area contributed by atoms with Crippen LogP contribution in [0.1, 0.15) is 19.3 Å². The van der Waals surface area contributed by atoms with E-state index in [1.165, 1.54) is 0 Å². The molecule has 0 aromatic carbocycles. The van der Waals surface area contributed by atoms with E-state index >= 15 is 0 Å². The SMILES string of the molecule is CS(=O)(=O)N1CCCC1C(=O)N1CC(O)CC1C(=O)O. The summed E-state index contributed by atoms with van der Waals surface area (Å²) in [7, 11) is -3.50. The zero-order valence-electron chi connectivity index (χ0n) is 11.1. The summed E-state index contributed by atoms with van der Waals surface area (Å²) in [6.45, 7) is 0.202. The van der Waals surface area contributed by atoms with Crippen LogP contribution in [-0.4, -0.2) is 77.2 Å². The van der Waals surface area contributed by atoms with Crippen LogP contribution in [0.4, 0.5) is 0 Å². The number of hydrogen-bond donors (Lipinski definition) is 2. The van der Waals surface area contributed by atoms with Gasteiger partial charge in [-0.3, -0.25) is 4.79 Å². The molecule has 0 aliphatic carbocycles. The van der Waals surface area contributed by atoms with E-state index in [4.69, 9.17) is 5.11 Å². The Morgan fingerprint density at radius 1 is 1.25 bits per heavy atom. The van der Waals surface area contributed by atoms with Crippen molar-refractivity contribution in [3.8, 4) is 0 Å². The molecule has 0 aromatic heterocycles. The minimum atomic E-state index is -3.50. The van der Waals surface area contributed by atoms with Gasteiger partial charge in [0.05, 0.1) is 12.4 Å². The molecule has 2 heterocycles. The summed E-state index contributed by atoms with van der Waals surface area (Å²) >= 11 is 0. The van der Waals surface area contributed by atoms with Crippen molar-refractivity contribution in [1.29, 1.82) is 0 Å². The maximum absolute atomic E-state index is 12.4. The van der Waals surface area contributed by atoms with Crippen LogP contribution in [0.5, 0.6) is 0 Å². The Labute approximate surface area is 117 Å². The summed E-state index contributed by atoms with van der Waals surface area (Å²) in [6.07, 6.45) is 1.08. The van der Waals surface area contributed by atoms with E-state index in [9.17, 15) is 23.1 Å². The Hall–Kier alpha value is -1.19. The average Bonchev–Trinajstić information content (AvgIpc) is 2.92. The number of aliphatic hydroxyl groups is 1. The molecule has 3 atom stereocenters. The maximum atomic E-state index is 12.4. The van der Waals surface area contributed by atoms with Gasteiger partial charge < -0.3 is 15.1 Å². The van der Waals surface area contributed by atoms with Gasteiger partial charge in [0, 0.05) is 19.5 Å². The van der Waals surface area contributed by atoms with Crippen molar-refractivity contribution >= 4 is 21.9 Å². The van der Waals surface area contributed by atoms with Crippen LogP contribution in [0.3, 0.4) is 0 Å². The molecule has 2 fully saturated rings. The number of sulfonamides is 1. The van der Waals surface area contributed by atoms with Gasteiger partial charge in [-0.15, -0.1) is 0 Å². The van der Waals surface area contributed by atoms with Gasteiger partial charge in [0.15, 0.2) is 0 Å². The quantitative estimate of drug-likeness (QED) is 0.653. The lowest BCUT2D eigenvalue weighted by atomic mass is 10.1. The third-order valence-corrected chi connectivity index (χ3v) is 5.05. The number of β-amino-alcohol motifs (C(OH)–C–C–N with tert-alkyl or cyclic N) is 1. The molecule has 0 bridgehead atoms. The van der Waals surface area contributed by atoms with Crippen LogP contribution in [-0.2, 0) is 19.6 Å². The molecule has 1 amide bonds. The molecule has 2 aliphatic heterocycles. The average molecular weight is 306 g/mol. The fourth-order valence-electron chi connectivity index (χ4n) is 2.87. The Morgan fingerprint density at radius 2 is 1.90 bits per heavy atom. The predicted octanol–water partition coefficient (Wildman–Crippen LogP) is -1.54. The standard InChI is InChI=1S/C11H18N2O6S/c1-20(18,19)13-4-2-3-8(13)10(15)12-6-7(14)5-9(12)11(16)17/h7-9,14H,2-6H2,1H3,(H,16,17). The van der Waals surface area contributed by atoms with E-state index in [0.717, 1.165) is 15.5 Å². The molecule has 114 valence electrons.